The first-order valence-electron chi connectivity index (χ1n) is 13.1. The molecule has 2 N–H and O–H groups in total. The van der Waals surface area contributed by atoms with Gasteiger partial charge in [0.1, 0.15) is 6.04 Å². The predicted molar refractivity (Wildman–Crippen MR) is 147 cm³/mol. The monoisotopic (exact) mass is 520 g/mol. The Balaban J connectivity index is 1.60. The molecule has 1 aliphatic heterocycles. The molecule has 0 spiro atoms. The predicted octanol–water partition coefficient (Wildman–Crippen LogP) is 2.56. The lowest BCUT2D eigenvalue weighted by Gasteiger charge is -2.39. The first-order valence-corrected chi connectivity index (χ1v) is 13.1. The van der Waals surface area contributed by atoms with Crippen molar-refractivity contribution < 1.29 is 14.7 Å². The molecule has 1 aliphatic rings. The van der Waals surface area contributed by atoms with Crippen LogP contribution in [0, 0.1) is 11.3 Å². The van der Waals surface area contributed by atoms with E-state index in [2.05, 4.69) is 24.1 Å². The molecule has 2 aromatic carbocycles. The number of carbonyl (C=O) groups is 2. The van der Waals surface area contributed by atoms with Gasteiger partial charge in [-0.2, -0.15) is 0 Å². The van der Waals surface area contributed by atoms with E-state index in [1.807, 2.05) is 19.1 Å². The summed E-state index contributed by atoms with van der Waals surface area (Å²) < 4.78 is 2.43. The van der Waals surface area contributed by atoms with Crippen molar-refractivity contribution in [1.82, 2.24) is 19.4 Å². The molecule has 0 unspecified atom stereocenters. The minimum atomic E-state index is -1.12. The summed E-state index contributed by atoms with van der Waals surface area (Å²) in [6.45, 7) is 8.86. The Morgan fingerprint density at radius 2 is 1.68 bits per heavy atom. The molecule has 1 atom stereocenters. The molecular formula is C29H36N4O5. The van der Waals surface area contributed by atoms with Crippen molar-refractivity contribution in [3.8, 4) is 5.69 Å². The van der Waals surface area contributed by atoms with E-state index in [4.69, 9.17) is 0 Å². The minimum absolute atomic E-state index is 0.0686. The Labute approximate surface area is 221 Å². The van der Waals surface area contributed by atoms with Crippen molar-refractivity contribution in [2.45, 2.75) is 46.1 Å². The van der Waals surface area contributed by atoms with Crippen LogP contribution in [0.1, 0.15) is 39.2 Å². The fourth-order valence-corrected chi connectivity index (χ4v) is 5.24. The number of aryl methyl sites for hydroxylation is 1. The SMILES string of the molecule is CC(C)CN1CCC(C)(C(=O)N[C@@H](Cc2cccc3c(-n4c(=O)ccn(C)c4=O)cccc23)C(=O)O)CC1. The van der Waals surface area contributed by atoms with Gasteiger partial charge in [0.05, 0.1) is 5.69 Å². The van der Waals surface area contributed by atoms with Crippen LogP contribution in [0.15, 0.2) is 58.3 Å². The lowest BCUT2D eigenvalue weighted by Crippen LogP contribution is -2.52. The summed E-state index contributed by atoms with van der Waals surface area (Å²) in [5, 5.41) is 14.2. The summed E-state index contributed by atoms with van der Waals surface area (Å²) in [7, 11) is 1.57. The van der Waals surface area contributed by atoms with E-state index in [1.54, 1.807) is 31.3 Å². The van der Waals surface area contributed by atoms with E-state index in [9.17, 15) is 24.3 Å². The van der Waals surface area contributed by atoms with Gasteiger partial charge in [-0.1, -0.05) is 51.1 Å². The molecule has 0 radical (unpaired) electrons. The topological polar surface area (TPSA) is 114 Å². The van der Waals surface area contributed by atoms with Crippen molar-refractivity contribution in [2.75, 3.05) is 19.6 Å². The molecule has 38 heavy (non-hydrogen) atoms. The molecular weight excluding hydrogens is 484 g/mol. The first-order chi connectivity index (χ1) is 18.0. The van der Waals surface area contributed by atoms with Crippen LogP contribution in [0.5, 0.6) is 0 Å². The van der Waals surface area contributed by atoms with Gasteiger partial charge in [0.15, 0.2) is 0 Å². The van der Waals surface area contributed by atoms with Crippen LogP contribution in [-0.2, 0) is 23.1 Å². The molecule has 3 aromatic rings. The third kappa shape index (κ3) is 5.57. The number of aliphatic carboxylic acids is 1. The molecule has 9 heteroatoms. The molecule has 202 valence electrons. The van der Waals surface area contributed by atoms with Crippen LogP contribution < -0.4 is 16.6 Å². The number of carboxylic acid groups (broad SMARTS) is 1. The number of hydrogen-bond donors (Lipinski definition) is 2. The van der Waals surface area contributed by atoms with Gasteiger partial charge in [-0.05, 0) is 48.9 Å². The number of benzene rings is 2. The molecule has 1 amide bonds. The Morgan fingerprint density at radius 1 is 1.03 bits per heavy atom. The zero-order valence-corrected chi connectivity index (χ0v) is 22.4. The van der Waals surface area contributed by atoms with Gasteiger partial charge in [-0.15, -0.1) is 0 Å². The number of fused-ring (bicyclic) bond motifs is 1. The Hall–Kier alpha value is -3.72. The number of likely N-dealkylation sites (tertiary alicyclic amines) is 1. The number of aromatic nitrogens is 2. The maximum Gasteiger partial charge on any atom is 0.335 e. The number of nitrogens with one attached hydrogen (secondary N) is 1. The third-order valence-corrected chi connectivity index (χ3v) is 7.54. The zero-order chi connectivity index (χ0) is 27.6. The van der Waals surface area contributed by atoms with E-state index in [0.717, 1.165) is 29.6 Å². The highest BCUT2D eigenvalue weighted by atomic mass is 16.4. The highest BCUT2D eigenvalue weighted by molar-refractivity contribution is 5.93. The fraction of sp³-hybridized carbons (Fsp3) is 0.448. The largest absolute Gasteiger partial charge is 0.480 e. The highest BCUT2D eigenvalue weighted by Crippen LogP contribution is 2.32. The van der Waals surface area contributed by atoms with Gasteiger partial charge >= 0.3 is 11.7 Å². The van der Waals surface area contributed by atoms with Crippen LogP contribution in [0.2, 0.25) is 0 Å². The Bertz CT molecular complexity index is 1460. The van der Waals surface area contributed by atoms with E-state index in [0.29, 0.717) is 35.4 Å². The Kier molecular flexibility index (Phi) is 7.87. The van der Waals surface area contributed by atoms with Crippen LogP contribution >= 0.6 is 0 Å². The average molecular weight is 521 g/mol. The van der Waals surface area contributed by atoms with Crippen molar-refractivity contribution in [2.24, 2.45) is 18.4 Å². The average Bonchev–Trinajstić information content (AvgIpc) is 2.87. The number of piperidine rings is 1. The fourth-order valence-electron chi connectivity index (χ4n) is 5.24. The third-order valence-electron chi connectivity index (χ3n) is 7.54. The van der Waals surface area contributed by atoms with Gasteiger partial charge in [-0.25, -0.2) is 14.2 Å². The maximum absolute atomic E-state index is 13.3. The van der Waals surface area contributed by atoms with Crippen LogP contribution in [0.25, 0.3) is 16.5 Å². The second kappa shape index (κ2) is 10.9. The molecule has 2 heterocycles. The van der Waals surface area contributed by atoms with Gasteiger partial charge in [0.2, 0.25) is 5.91 Å². The molecule has 4 rings (SSSR count). The van der Waals surface area contributed by atoms with Gasteiger partial charge in [0, 0.05) is 43.1 Å². The molecule has 1 fully saturated rings. The minimum Gasteiger partial charge on any atom is -0.480 e. The molecule has 9 nitrogen and oxygen atoms in total. The van der Waals surface area contributed by atoms with Crippen molar-refractivity contribution in [3.05, 3.63) is 75.1 Å². The summed E-state index contributed by atoms with van der Waals surface area (Å²) in [4.78, 5) is 53.2. The van der Waals surface area contributed by atoms with Crippen LogP contribution in [0.3, 0.4) is 0 Å². The standard InChI is InChI=1S/C29H36N4O5/c1-19(2)18-32-15-12-29(3,13-16-32)27(37)30-23(26(35)36)17-20-7-5-9-22-21(20)8-6-10-24(22)33-25(34)11-14-31(4)28(33)38/h5-11,14,19,23H,12-13,15-18H2,1-4H3,(H,30,37)(H,35,36)/t23-/m0/s1. The lowest BCUT2D eigenvalue weighted by molar-refractivity contribution is -0.144. The van der Waals surface area contributed by atoms with E-state index in [1.165, 1.54) is 16.8 Å². The lowest BCUT2D eigenvalue weighted by atomic mass is 9.79. The summed E-state index contributed by atoms with van der Waals surface area (Å²) in [6.07, 6.45) is 2.85. The van der Waals surface area contributed by atoms with Gasteiger partial charge in [0.25, 0.3) is 5.56 Å². The van der Waals surface area contributed by atoms with Crippen LogP contribution in [0.4, 0.5) is 0 Å². The van der Waals surface area contributed by atoms with Crippen LogP contribution in [-0.4, -0.2) is 56.7 Å². The summed E-state index contributed by atoms with van der Waals surface area (Å²) in [5.41, 5.74) is -0.420. The molecule has 1 aromatic heterocycles. The summed E-state index contributed by atoms with van der Waals surface area (Å²) >= 11 is 0. The molecule has 1 saturated heterocycles. The van der Waals surface area contributed by atoms with Gasteiger partial charge < -0.3 is 19.9 Å². The molecule has 0 saturated carbocycles. The quantitative estimate of drug-likeness (QED) is 0.472. The maximum atomic E-state index is 13.3. The smallest absolute Gasteiger partial charge is 0.335 e. The number of rotatable bonds is 8. The zero-order valence-electron chi connectivity index (χ0n) is 22.4. The van der Waals surface area contributed by atoms with Gasteiger partial charge in [-0.3, -0.25) is 9.59 Å². The highest BCUT2D eigenvalue weighted by Gasteiger charge is 2.38. The van der Waals surface area contributed by atoms with E-state index in [-0.39, 0.29) is 12.3 Å². The Morgan fingerprint density at radius 3 is 2.34 bits per heavy atom. The van der Waals surface area contributed by atoms with Crippen molar-refractivity contribution in [1.29, 1.82) is 0 Å². The second-order valence-corrected chi connectivity index (χ2v) is 11.0. The number of carboxylic acids is 1. The summed E-state index contributed by atoms with van der Waals surface area (Å²) in [5.74, 6) is -0.802. The number of amides is 1. The van der Waals surface area contributed by atoms with E-state index >= 15 is 0 Å². The normalized spacial score (nSPS) is 16.4. The summed E-state index contributed by atoms with van der Waals surface area (Å²) in [6, 6.07) is 10.9. The molecule has 0 aliphatic carbocycles. The second-order valence-electron chi connectivity index (χ2n) is 11.0. The number of carbonyl (C=O) groups excluding carboxylic acids is 1. The molecule has 0 bridgehead atoms. The number of hydrogen-bond acceptors (Lipinski definition) is 5. The first kappa shape index (κ1) is 27.3. The van der Waals surface area contributed by atoms with Crippen molar-refractivity contribution >= 4 is 22.6 Å². The number of nitrogens with zero attached hydrogens (tertiary/aromatic N) is 3. The van der Waals surface area contributed by atoms with E-state index < -0.39 is 28.7 Å². The van der Waals surface area contributed by atoms with Crippen molar-refractivity contribution in [3.63, 3.8) is 0 Å².